The molecule has 0 aliphatic rings. The Morgan fingerprint density at radius 1 is 0.818 bits per heavy atom. The van der Waals surface area contributed by atoms with Gasteiger partial charge in [-0.2, -0.15) is 10.5 Å². The minimum absolute atomic E-state index is 0.408. The number of hydrogen-bond acceptors (Lipinski definition) is 4. The number of hydrogen-bond donors (Lipinski definition) is 0. The molecule has 0 N–H and O–H groups in total. The van der Waals surface area contributed by atoms with Crippen LogP contribution in [0.1, 0.15) is 11.1 Å². The molecule has 0 fully saturated rings. The van der Waals surface area contributed by atoms with E-state index < -0.39 is 25.2 Å². The Bertz CT molecular complexity index is 638. The lowest BCUT2D eigenvalue weighted by Gasteiger charge is -2.37. The van der Waals surface area contributed by atoms with Crippen molar-refractivity contribution < 1.29 is 8.23 Å². The first kappa shape index (κ1) is 18.8. The van der Waals surface area contributed by atoms with E-state index in [2.05, 4.69) is 51.9 Å². The largest absolute Gasteiger partial charge is 0.437 e. The van der Waals surface area contributed by atoms with E-state index in [0.29, 0.717) is 11.1 Å². The van der Waals surface area contributed by atoms with Gasteiger partial charge in [-0.3, -0.25) is 0 Å². The van der Waals surface area contributed by atoms with Crippen molar-refractivity contribution in [3.05, 3.63) is 29.3 Å². The number of benzene rings is 1. The van der Waals surface area contributed by atoms with Crippen molar-refractivity contribution in [2.24, 2.45) is 0 Å². The third kappa shape index (κ3) is 5.20. The minimum atomic E-state index is -2.23. The normalized spacial score (nSPS) is 12.6. The van der Waals surface area contributed by atoms with Crippen LogP contribution in [-0.4, -0.2) is 25.2 Å². The van der Waals surface area contributed by atoms with Crippen LogP contribution in [0.25, 0.3) is 0 Å². The van der Waals surface area contributed by atoms with Gasteiger partial charge in [0, 0.05) is 0 Å². The van der Waals surface area contributed by atoms with Crippen LogP contribution >= 0.6 is 0 Å². The van der Waals surface area contributed by atoms with Crippen molar-refractivity contribution in [3.63, 3.8) is 0 Å². The smallest absolute Gasteiger partial charge is 0.311 e. The summed E-state index contributed by atoms with van der Waals surface area (Å²) < 4.78 is 12.7. The number of rotatable bonds is 5. The van der Waals surface area contributed by atoms with Crippen LogP contribution in [0.5, 0.6) is 0 Å². The third-order valence-corrected chi connectivity index (χ3v) is 13.1. The first-order valence-electron chi connectivity index (χ1n) is 7.25. The highest BCUT2D eigenvalue weighted by atomic mass is 28.5. The molecule has 1 aromatic rings. The predicted octanol–water partition coefficient (Wildman–Crippen LogP) is 3.41. The van der Waals surface area contributed by atoms with Gasteiger partial charge in [-0.1, -0.05) is 6.07 Å². The Hall–Kier alpha value is -1.23. The van der Waals surface area contributed by atoms with Gasteiger partial charge in [0.25, 0.3) is 0 Å². The summed E-state index contributed by atoms with van der Waals surface area (Å²) in [5.74, 6) is 0. The van der Waals surface area contributed by atoms with Crippen LogP contribution in [0.15, 0.2) is 18.2 Å². The first-order valence-corrected chi connectivity index (χ1v) is 16.4. The fourth-order valence-corrected chi connectivity index (χ4v) is 15.3. The molecule has 0 radical (unpaired) electrons. The second kappa shape index (κ2) is 6.49. The second-order valence-electron chi connectivity index (χ2n) is 7.21. The molecule has 0 atom stereocenters. The van der Waals surface area contributed by atoms with Crippen LogP contribution in [0.2, 0.25) is 45.8 Å². The highest BCUT2D eigenvalue weighted by Gasteiger charge is 2.39. The van der Waals surface area contributed by atoms with Crippen molar-refractivity contribution in [2.45, 2.75) is 45.8 Å². The number of nitrogens with zero attached hydrogens (tertiary/aromatic N) is 2. The van der Waals surface area contributed by atoms with Crippen LogP contribution in [0.4, 0.5) is 0 Å². The molecule has 4 nitrogen and oxygen atoms in total. The van der Waals surface area contributed by atoms with Crippen LogP contribution in [0.3, 0.4) is 0 Å². The topological polar surface area (TPSA) is 66.0 Å². The summed E-state index contributed by atoms with van der Waals surface area (Å²) in [4.78, 5) is 0. The zero-order chi connectivity index (χ0) is 17.2. The Balaban J connectivity index is 3.10. The Labute approximate surface area is 136 Å². The molecule has 0 saturated carbocycles. The van der Waals surface area contributed by atoms with Gasteiger partial charge in [0.1, 0.15) is 12.1 Å². The summed E-state index contributed by atoms with van der Waals surface area (Å²) in [5, 5.41) is 19.2. The molecule has 0 spiro atoms. The molecule has 0 amide bonds. The zero-order valence-electron chi connectivity index (χ0n) is 14.4. The Kier molecular flexibility index (Phi) is 5.55. The quantitative estimate of drug-likeness (QED) is 0.765. The highest BCUT2D eigenvalue weighted by Crippen LogP contribution is 2.21. The third-order valence-electron chi connectivity index (χ3n) is 3.01. The van der Waals surface area contributed by atoms with Crippen LogP contribution in [-0.2, 0) is 8.23 Å². The lowest BCUT2D eigenvalue weighted by atomic mass is 10.1. The molecule has 0 unspecified atom stereocenters. The standard InChI is InChI=1S/C15H24N2O2Si3/c1-20(2,3)18-22(6,7)19-21(4,5)15-9-8-13(11-16)14(10-15)12-17/h8-10H,1-7H3. The monoisotopic (exact) mass is 348 g/mol. The molecular weight excluding hydrogens is 324 g/mol. The molecule has 0 aliphatic carbocycles. The zero-order valence-corrected chi connectivity index (χ0v) is 17.4. The van der Waals surface area contributed by atoms with Gasteiger partial charge in [0.2, 0.25) is 8.32 Å². The van der Waals surface area contributed by atoms with E-state index in [-0.39, 0.29) is 0 Å². The van der Waals surface area contributed by atoms with E-state index in [0.717, 1.165) is 5.19 Å². The van der Waals surface area contributed by atoms with Crippen LogP contribution < -0.4 is 5.19 Å². The predicted molar refractivity (Wildman–Crippen MR) is 96.0 cm³/mol. The van der Waals surface area contributed by atoms with Crippen molar-refractivity contribution in [1.82, 2.24) is 0 Å². The van der Waals surface area contributed by atoms with Gasteiger partial charge in [-0.25, -0.2) is 0 Å². The van der Waals surface area contributed by atoms with Gasteiger partial charge in [0.05, 0.1) is 11.1 Å². The summed E-state index contributed by atoms with van der Waals surface area (Å²) >= 11 is 0. The molecule has 1 rings (SSSR count). The van der Waals surface area contributed by atoms with E-state index in [1.807, 2.05) is 12.1 Å². The van der Waals surface area contributed by atoms with E-state index in [4.69, 9.17) is 13.5 Å². The van der Waals surface area contributed by atoms with Gasteiger partial charge in [-0.15, -0.1) is 0 Å². The summed E-state index contributed by atoms with van der Waals surface area (Å²) in [5.41, 5.74) is 0.820. The minimum Gasteiger partial charge on any atom is -0.437 e. The maximum absolute atomic E-state index is 9.19. The fourth-order valence-electron chi connectivity index (χ4n) is 2.54. The average molecular weight is 349 g/mol. The fraction of sp³-hybridized carbons (Fsp3) is 0.467. The molecule has 118 valence electrons. The van der Waals surface area contributed by atoms with Crippen molar-refractivity contribution in [3.8, 4) is 12.1 Å². The second-order valence-corrected chi connectivity index (χ2v) is 19.5. The van der Waals surface area contributed by atoms with Crippen molar-refractivity contribution >= 4 is 30.4 Å². The maximum Gasteiger partial charge on any atom is 0.311 e. The first-order chi connectivity index (χ1) is 9.90. The van der Waals surface area contributed by atoms with E-state index in [1.165, 1.54) is 0 Å². The van der Waals surface area contributed by atoms with Gasteiger partial charge < -0.3 is 8.23 Å². The molecular formula is C15H24N2O2Si3. The molecule has 0 heterocycles. The summed E-state index contributed by atoms with van der Waals surface area (Å²) in [6.45, 7) is 14.9. The van der Waals surface area contributed by atoms with E-state index in [1.54, 1.807) is 12.1 Å². The summed E-state index contributed by atoms with van der Waals surface area (Å²) in [6.07, 6.45) is 0. The molecule has 1 aromatic carbocycles. The van der Waals surface area contributed by atoms with Gasteiger partial charge in [-0.05, 0) is 63.1 Å². The Morgan fingerprint density at radius 2 is 1.36 bits per heavy atom. The SMILES string of the molecule is C[Si](C)(C)O[Si](C)(C)O[Si](C)(C)c1ccc(C#N)c(C#N)c1. The molecule has 0 aliphatic heterocycles. The average Bonchev–Trinajstić information content (AvgIpc) is 2.33. The highest BCUT2D eigenvalue weighted by molar-refractivity contribution is 6.93. The maximum atomic E-state index is 9.19. The Morgan fingerprint density at radius 3 is 1.82 bits per heavy atom. The van der Waals surface area contributed by atoms with E-state index >= 15 is 0 Å². The van der Waals surface area contributed by atoms with Crippen molar-refractivity contribution in [1.29, 1.82) is 10.5 Å². The van der Waals surface area contributed by atoms with Crippen LogP contribution in [0, 0.1) is 22.7 Å². The van der Waals surface area contributed by atoms with Gasteiger partial charge in [0.15, 0.2) is 8.32 Å². The molecule has 0 aromatic heterocycles. The lowest BCUT2D eigenvalue weighted by Crippen LogP contribution is -2.56. The lowest BCUT2D eigenvalue weighted by molar-refractivity contribution is 0.398. The van der Waals surface area contributed by atoms with Gasteiger partial charge >= 0.3 is 8.56 Å². The van der Waals surface area contributed by atoms with Crippen molar-refractivity contribution in [2.75, 3.05) is 0 Å². The molecule has 7 heteroatoms. The molecule has 0 saturated heterocycles. The van der Waals surface area contributed by atoms with E-state index in [9.17, 15) is 5.26 Å². The number of nitriles is 2. The summed E-state index contributed by atoms with van der Waals surface area (Å²) in [6, 6.07) is 9.55. The molecule has 22 heavy (non-hydrogen) atoms. The summed E-state index contributed by atoms with van der Waals surface area (Å²) in [7, 11) is -6.09. The molecule has 0 bridgehead atoms.